The molecule has 0 saturated carbocycles. The van der Waals surface area contributed by atoms with Crippen LogP contribution in [0, 0.1) is 0 Å². The average Bonchev–Trinajstić information content (AvgIpc) is 3.20. The first-order chi connectivity index (χ1) is 17.7. The summed E-state index contributed by atoms with van der Waals surface area (Å²) in [5, 5.41) is 0. The molecule has 3 fully saturated rings. The van der Waals surface area contributed by atoms with Crippen molar-refractivity contribution < 1.29 is 32.2 Å². The van der Waals surface area contributed by atoms with Crippen LogP contribution in [0.5, 0.6) is 0 Å². The first kappa shape index (κ1) is 25.5. The van der Waals surface area contributed by atoms with Crippen molar-refractivity contribution in [3.8, 4) is 0 Å². The van der Waals surface area contributed by atoms with Crippen molar-refractivity contribution in [1.82, 2.24) is 14.7 Å². The van der Waals surface area contributed by atoms with Gasteiger partial charge in [0.15, 0.2) is 0 Å². The van der Waals surface area contributed by atoms with Crippen molar-refractivity contribution in [3.05, 3.63) is 70.8 Å². The van der Waals surface area contributed by atoms with Gasteiger partial charge in [0.25, 0.3) is 5.91 Å². The molecule has 3 heterocycles. The molecule has 0 N–H and O–H groups in total. The smallest absolute Gasteiger partial charge is 0.416 e. The summed E-state index contributed by atoms with van der Waals surface area (Å²) in [6.45, 7) is 5.12. The quantitative estimate of drug-likeness (QED) is 0.596. The number of halogens is 3. The zero-order chi connectivity index (χ0) is 26.0. The molecule has 2 amide bonds. The van der Waals surface area contributed by atoms with Gasteiger partial charge in [0.05, 0.1) is 25.3 Å². The maximum atomic E-state index is 12.8. The molecule has 0 aliphatic carbocycles. The number of morpholine rings is 1. The Hall–Kier alpha value is -3.11. The number of amides is 2. The Morgan fingerprint density at radius 3 is 2.08 bits per heavy atom. The maximum absolute atomic E-state index is 12.8. The zero-order valence-electron chi connectivity index (χ0n) is 20.5. The van der Waals surface area contributed by atoms with Gasteiger partial charge in [-0.2, -0.15) is 13.2 Å². The minimum atomic E-state index is -4.34. The van der Waals surface area contributed by atoms with Crippen molar-refractivity contribution in [2.75, 3.05) is 45.9 Å². The number of carbonyl (C=O) groups is 2. The van der Waals surface area contributed by atoms with Gasteiger partial charge in [-0.3, -0.25) is 14.6 Å². The number of likely N-dealkylation sites (tertiary alicyclic amines) is 1. The Kier molecular flexibility index (Phi) is 7.13. The van der Waals surface area contributed by atoms with Gasteiger partial charge in [-0.1, -0.05) is 24.3 Å². The van der Waals surface area contributed by atoms with Crippen LogP contribution in [0.15, 0.2) is 48.5 Å². The van der Waals surface area contributed by atoms with E-state index in [1.807, 2.05) is 12.1 Å². The molecule has 5 rings (SSSR count). The van der Waals surface area contributed by atoms with Crippen molar-refractivity contribution in [1.29, 1.82) is 0 Å². The van der Waals surface area contributed by atoms with Crippen molar-refractivity contribution in [2.24, 2.45) is 0 Å². The normalized spacial score (nSPS) is 20.4. The summed E-state index contributed by atoms with van der Waals surface area (Å²) in [6.07, 6.45) is -3.34. The molecule has 2 aromatic carbocycles. The van der Waals surface area contributed by atoms with Gasteiger partial charge in [-0.15, -0.1) is 0 Å². The lowest BCUT2D eigenvalue weighted by molar-refractivity contribution is -0.137. The van der Waals surface area contributed by atoms with E-state index in [0.717, 1.165) is 23.3 Å². The lowest BCUT2D eigenvalue weighted by Crippen LogP contribution is -2.46. The van der Waals surface area contributed by atoms with Crippen LogP contribution in [0.25, 0.3) is 0 Å². The fraction of sp³-hybridized carbons (Fsp3) is 0.481. The number of ether oxygens (including phenoxy) is 2. The van der Waals surface area contributed by atoms with Crippen molar-refractivity contribution >= 4 is 12.0 Å². The number of alkyl halides is 3. The van der Waals surface area contributed by atoms with Crippen LogP contribution in [0.2, 0.25) is 0 Å². The number of nitrogens with zero attached hydrogens (tertiary/aromatic N) is 3. The third-order valence-electron chi connectivity index (χ3n) is 7.37. The molecule has 198 valence electrons. The molecule has 0 bridgehead atoms. The van der Waals surface area contributed by atoms with Crippen molar-refractivity contribution in [3.63, 3.8) is 0 Å². The van der Waals surface area contributed by atoms with Gasteiger partial charge in [0.2, 0.25) is 0 Å². The van der Waals surface area contributed by atoms with Crippen LogP contribution >= 0.6 is 0 Å². The van der Waals surface area contributed by atoms with Gasteiger partial charge >= 0.3 is 12.3 Å². The number of carbonyl (C=O) groups excluding carboxylic acids is 2. The molecule has 0 radical (unpaired) electrons. The van der Waals surface area contributed by atoms with Crippen molar-refractivity contribution in [2.45, 2.75) is 37.7 Å². The molecule has 3 aliphatic heterocycles. The van der Waals surface area contributed by atoms with Gasteiger partial charge in [0, 0.05) is 57.7 Å². The Morgan fingerprint density at radius 2 is 1.46 bits per heavy atom. The largest absolute Gasteiger partial charge is 0.441 e. The van der Waals surface area contributed by atoms with Crippen LogP contribution in [0.3, 0.4) is 0 Å². The first-order valence-corrected chi connectivity index (χ1v) is 12.5. The van der Waals surface area contributed by atoms with Crippen LogP contribution < -0.4 is 0 Å². The fourth-order valence-corrected chi connectivity index (χ4v) is 5.17. The molecule has 0 atom stereocenters. The van der Waals surface area contributed by atoms with E-state index >= 15 is 0 Å². The average molecular weight is 518 g/mol. The number of hydrogen-bond acceptors (Lipinski definition) is 5. The fourth-order valence-electron chi connectivity index (χ4n) is 5.17. The molecule has 3 aliphatic rings. The number of piperidine rings is 1. The topological polar surface area (TPSA) is 62.3 Å². The van der Waals surface area contributed by atoms with Gasteiger partial charge < -0.3 is 14.4 Å². The van der Waals surface area contributed by atoms with Crippen LogP contribution in [0.1, 0.15) is 39.9 Å². The molecule has 0 aromatic heterocycles. The van der Waals surface area contributed by atoms with E-state index in [4.69, 9.17) is 9.47 Å². The highest BCUT2D eigenvalue weighted by atomic mass is 19.4. The van der Waals surface area contributed by atoms with E-state index in [1.165, 1.54) is 12.1 Å². The standard InChI is InChI=1S/C27H30F3N3O4/c28-27(29,30)23-7-3-20(4-8-23)17-31-11-9-26(10-12-31)19-33(25(35)37-26)18-21-1-5-22(6-2-21)24(34)32-13-15-36-16-14-32/h1-8H,9-19H2. The lowest BCUT2D eigenvalue weighted by atomic mass is 9.91. The van der Waals surface area contributed by atoms with E-state index in [9.17, 15) is 22.8 Å². The van der Waals surface area contributed by atoms with Gasteiger partial charge in [-0.25, -0.2) is 4.79 Å². The highest BCUT2D eigenvalue weighted by Gasteiger charge is 2.46. The summed E-state index contributed by atoms with van der Waals surface area (Å²) in [4.78, 5) is 30.9. The molecule has 7 nitrogen and oxygen atoms in total. The summed E-state index contributed by atoms with van der Waals surface area (Å²) in [5.41, 5.74) is 1.17. The van der Waals surface area contributed by atoms with Crippen LogP contribution in [-0.2, 0) is 28.7 Å². The molecule has 3 saturated heterocycles. The molecular weight excluding hydrogens is 487 g/mol. The van der Waals surface area contributed by atoms with Gasteiger partial charge in [0.1, 0.15) is 5.60 Å². The third kappa shape index (κ3) is 5.91. The second kappa shape index (κ2) is 10.3. The third-order valence-corrected chi connectivity index (χ3v) is 7.37. The molecular formula is C27H30F3N3O4. The van der Waals surface area contributed by atoms with E-state index < -0.39 is 17.3 Å². The number of benzene rings is 2. The highest BCUT2D eigenvalue weighted by Crippen LogP contribution is 2.35. The van der Waals surface area contributed by atoms with Crippen LogP contribution in [0.4, 0.5) is 18.0 Å². The first-order valence-electron chi connectivity index (χ1n) is 12.5. The van der Waals surface area contributed by atoms with Crippen LogP contribution in [-0.4, -0.2) is 78.2 Å². The predicted molar refractivity (Wildman–Crippen MR) is 129 cm³/mol. The minimum Gasteiger partial charge on any atom is -0.441 e. The zero-order valence-corrected chi connectivity index (χ0v) is 20.5. The number of hydrogen-bond donors (Lipinski definition) is 0. The summed E-state index contributed by atoms with van der Waals surface area (Å²) >= 11 is 0. The Labute approximate surface area is 213 Å². The number of rotatable bonds is 5. The molecule has 0 unspecified atom stereocenters. The second-order valence-electron chi connectivity index (χ2n) is 9.98. The summed E-state index contributed by atoms with van der Waals surface area (Å²) in [7, 11) is 0. The summed E-state index contributed by atoms with van der Waals surface area (Å²) in [6, 6.07) is 12.6. The molecule has 1 spiro atoms. The molecule has 2 aromatic rings. The Morgan fingerprint density at radius 1 is 0.865 bits per heavy atom. The summed E-state index contributed by atoms with van der Waals surface area (Å²) in [5.74, 6) is -0.0163. The minimum absolute atomic E-state index is 0.0163. The van der Waals surface area contributed by atoms with E-state index in [-0.39, 0.29) is 12.0 Å². The van der Waals surface area contributed by atoms with Gasteiger partial charge in [-0.05, 0) is 35.4 Å². The van der Waals surface area contributed by atoms with E-state index in [0.29, 0.717) is 77.4 Å². The Balaban J connectivity index is 1.12. The maximum Gasteiger partial charge on any atom is 0.416 e. The monoisotopic (exact) mass is 517 g/mol. The van der Waals surface area contributed by atoms with E-state index in [1.54, 1.807) is 21.9 Å². The summed E-state index contributed by atoms with van der Waals surface area (Å²) < 4.78 is 49.5. The molecule has 10 heteroatoms. The SMILES string of the molecule is O=C1OC2(CCN(Cc3ccc(C(F)(F)F)cc3)CC2)CN1Cc1ccc(C(=O)N2CCOCC2)cc1. The molecule has 37 heavy (non-hydrogen) atoms. The van der Waals surface area contributed by atoms with E-state index in [2.05, 4.69) is 4.90 Å². The predicted octanol–water partition coefficient (Wildman–Crippen LogP) is 4.16. The highest BCUT2D eigenvalue weighted by molar-refractivity contribution is 5.94. The Bertz CT molecular complexity index is 1110. The second-order valence-corrected chi connectivity index (χ2v) is 9.98. The lowest BCUT2D eigenvalue weighted by Gasteiger charge is -2.37.